The molecule has 1 aromatic carbocycles. The lowest BCUT2D eigenvalue weighted by molar-refractivity contribution is 0.550. The predicted octanol–water partition coefficient (Wildman–Crippen LogP) is 7.32. The van der Waals surface area contributed by atoms with E-state index in [1.54, 1.807) is 124 Å². The average Bonchev–Trinajstić information content (AvgIpc) is 3.25. The van der Waals surface area contributed by atoms with Gasteiger partial charge in [0, 0.05) is 111 Å². The van der Waals surface area contributed by atoms with E-state index in [-0.39, 0.29) is 0 Å². The highest BCUT2D eigenvalue weighted by Crippen LogP contribution is 1.81. The summed E-state index contributed by atoms with van der Waals surface area (Å²) in [5, 5.41) is 0. The van der Waals surface area contributed by atoms with Gasteiger partial charge >= 0.3 is 12.5 Å². The van der Waals surface area contributed by atoms with Crippen molar-refractivity contribution in [2.24, 2.45) is 0 Å². The van der Waals surface area contributed by atoms with Gasteiger partial charge < -0.3 is 0 Å². The van der Waals surface area contributed by atoms with E-state index >= 15 is 0 Å². The van der Waals surface area contributed by atoms with Crippen molar-refractivity contribution in [2.45, 2.75) is 0 Å². The number of hydrogen-bond donors (Lipinski definition) is 0. The normalized spacial score (nSPS) is 8.00. The molecule has 7 aromatic heterocycles. The monoisotopic (exact) mass is 637 g/mol. The van der Waals surface area contributed by atoms with Gasteiger partial charge in [0.15, 0.2) is 0 Å². The molecule has 8 aromatic rings. The molecule has 0 aliphatic rings. The topological polar surface area (TPSA) is 140 Å². The minimum absolute atomic E-state index is 1.50. The van der Waals surface area contributed by atoms with Crippen LogP contribution in [-0.2, 0) is 0 Å². The molecule has 0 radical (unpaired) electrons. The zero-order valence-electron chi connectivity index (χ0n) is 26.2. The molecule has 48 heavy (non-hydrogen) atoms. The number of pyridine rings is 2. The molecule has 0 saturated carbocycles. The summed E-state index contributed by atoms with van der Waals surface area (Å²) in [5.74, 6) is 0. The lowest BCUT2D eigenvalue weighted by atomic mass is 10.4. The highest BCUT2D eigenvalue weighted by Gasteiger charge is 1.73. The predicted molar refractivity (Wildman–Crippen MR) is 186 cm³/mol. The number of hydrogen-bond acceptors (Lipinski definition) is 10. The largest absolute Gasteiger partial charge is 0.317 e. The molecule has 0 saturated heterocycles. The first-order valence-electron chi connectivity index (χ1n) is 14.3. The Morgan fingerprint density at radius 1 is 0.188 bits per heavy atom. The SMILES string of the molecule is c1cc[o+]cc1.c1ccccc1.c1ccncc1.c1ccncc1.c1cnccn1.c1cnccn1.c1cncnc1.c1cncnc1. The summed E-state index contributed by atoms with van der Waals surface area (Å²) >= 11 is 0. The van der Waals surface area contributed by atoms with E-state index < -0.39 is 0 Å². The molecule has 0 amide bonds. The minimum atomic E-state index is 1.50. The molecule has 0 aliphatic carbocycles. The van der Waals surface area contributed by atoms with Gasteiger partial charge in [-0.05, 0) is 42.5 Å². The molecule has 0 bridgehead atoms. The van der Waals surface area contributed by atoms with Crippen molar-refractivity contribution < 1.29 is 4.42 Å². The van der Waals surface area contributed by atoms with Gasteiger partial charge in [0.25, 0.3) is 0 Å². The van der Waals surface area contributed by atoms with E-state index in [9.17, 15) is 0 Å². The summed E-state index contributed by atoms with van der Waals surface area (Å²) < 4.78 is 4.68. The van der Waals surface area contributed by atoms with Gasteiger partial charge in [0.1, 0.15) is 12.7 Å². The maximum Gasteiger partial charge on any atom is 0.317 e. The second kappa shape index (κ2) is 36.2. The first kappa shape index (κ1) is 39.0. The van der Waals surface area contributed by atoms with Crippen LogP contribution in [0.1, 0.15) is 0 Å². The van der Waals surface area contributed by atoms with Crippen molar-refractivity contribution in [1.82, 2.24) is 49.8 Å². The van der Waals surface area contributed by atoms with E-state index in [0.717, 1.165) is 0 Å². The van der Waals surface area contributed by atoms with Gasteiger partial charge in [-0.2, -0.15) is 0 Å². The molecule has 0 N–H and O–H groups in total. The minimum Gasteiger partial charge on any atom is -0.265 e. The molecule has 8 rings (SSSR count). The first-order chi connectivity index (χ1) is 24.0. The molecule has 0 aliphatic heterocycles. The summed E-state index contributed by atoms with van der Waals surface area (Å²) in [7, 11) is 0. The van der Waals surface area contributed by atoms with Crippen LogP contribution in [-0.4, -0.2) is 49.8 Å². The van der Waals surface area contributed by atoms with E-state index in [0.29, 0.717) is 0 Å². The smallest absolute Gasteiger partial charge is 0.265 e. The van der Waals surface area contributed by atoms with E-state index in [1.165, 1.54) is 12.7 Å². The van der Waals surface area contributed by atoms with Gasteiger partial charge in [0.2, 0.25) is 0 Å². The Hall–Kier alpha value is -7.01. The van der Waals surface area contributed by atoms with Gasteiger partial charge in [-0.15, -0.1) is 0 Å². The van der Waals surface area contributed by atoms with Crippen LogP contribution in [0.4, 0.5) is 0 Å². The van der Waals surface area contributed by atoms with Crippen LogP contribution in [0, 0.1) is 0 Å². The third-order valence-corrected chi connectivity index (χ3v) is 4.25. The Kier molecular flexibility index (Phi) is 29.4. The summed E-state index contributed by atoms with van der Waals surface area (Å²) in [5.41, 5.74) is 0. The number of rotatable bonds is 0. The second-order valence-electron chi connectivity index (χ2n) is 7.79. The molecular weight excluding hydrogens is 600 g/mol. The average molecular weight is 638 g/mol. The standard InChI is InChI=1S/C6H6.2C5H5N.C5H5O.4C4H4N2/c4*1-2-4-6-5-3-1;2*1-2-6-4-3-5-1;2*1-2-5-4-6-3-1/h1-6H;3*1-5H;4*1-4H/q;;;+1;;;;. The summed E-state index contributed by atoms with van der Waals surface area (Å²) in [4.78, 5) is 37.2. The summed E-state index contributed by atoms with van der Waals surface area (Å²) in [6.07, 6.45) is 33.1. The van der Waals surface area contributed by atoms with Crippen LogP contribution in [0.5, 0.6) is 0 Å². The lowest BCUT2D eigenvalue weighted by Gasteiger charge is -1.70. The summed E-state index contributed by atoms with van der Waals surface area (Å²) in [6, 6.07) is 32.6. The second-order valence-corrected chi connectivity index (χ2v) is 7.79. The van der Waals surface area contributed by atoms with Crippen LogP contribution in [0.15, 0.2) is 232 Å². The fraction of sp³-hybridized carbons (Fsp3) is 0. The molecule has 0 fully saturated rings. The Labute approximate surface area is 281 Å². The van der Waals surface area contributed by atoms with E-state index in [1.807, 2.05) is 91.0 Å². The third-order valence-electron chi connectivity index (χ3n) is 4.25. The third kappa shape index (κ3) is 33.5. The van der Waals surface area contributed by atoms with E-state index in [2.05, 4.69) is 54.3 Å². The van der Waals surface area contributed by atoms with Crippen molar-refractivity contribution in [2.75, 3.05) is 0 Å². The number of aromatic nitrogens is 10. The van der Waals surface area contributed by atoms with Crippen LogP contribution >= 0.6 is 0 Å². The molecule has 11 heteroatoms. The quantitative estimate of drug-likeness (QED) is 0.154. The molecule has 11 nitrogen and oxygen atoms in total. The van der Waals surface area contributed by atoms with Crippen LogP contribution in [0.25, 0.3) is 0 Å². The van der Waals surface area contributed by atoms with Crippen molar-refractivity contribution in [3.8, 4) is 0 Å². The lowest BCUT2D eigenvalue weighted by Crippen LogP contribution is -1.66. The van der Waals surface area contributed by atoms with Crippen LogP contribution in [0.3, 0.4) is 0 Å². The number of benzene rings is 1. The highest BCUT2D eigenvalue weighted by atomic mass is 16.3. The Morgan fingerprint density at radius 3 is 0.521 bits per heavy atom. The van der Waals surface area contributed by atoms with Crippen LogP contribution < -0.4 is 0 Å². The number of nitrogens with zero attached hydrogens (tertiary/aromatic N) is 10. The van der Waals surface area contributed by atoms with Gasteiger partial charge in [-0.3, -0.25) is 29.9 Å². The molecule has 240 valence electrons. The van der Waals surface area contributed by atoms with E-state index in [4.69, 9.17) is 0 Å². The van der Waals surface area contributed by atoms with Gasteiger partial charge in [-0.1, -0.05) is 48.5 Å². The van der Waals surface area contributed by atoms with Crippen molar-refractivity contribution in [3.05, 3.63) is 227 Å². The Bertz CT molecular complexity index is 996. The molecule has 0 spiro atoms. The fourth-order valence-electron chi connectivity index (χ4n) is 2.31. The zero-order chi connectivity index (χ0) is 33.9. The van der Waals surface area contributed by atoms with Crippen molar-refractivity contribution in [3.63, 3.8) is 0 Å². The zero-order valence-corrected chi connectivity index (χ0v) is 26.2. The molecule has 7 heterocycles. The Morgan fingerprint density at radius 2 is 0.417 bits per heavy atom. The van der Waals surface area contributed by atoms with Crippen molar-refractivity contribution >= 4 is 0 Å². The maximum atomic E-state index is 4.68. The molecule has 0 unspecified atom stereocenters. The van der Waals surface area contributed by atoms with Crippen LogP contribution in [0.2, 0.25) is 0 Å². The summed E-state index contributed by atoms with van der Waals surface area (Å²) in [6.45, 7) is 0. The Balaban J connectivity index is 0.000000274. The van der Waals surface area contributed by atoms with Crippen molar-refractivity contribution in [1.29, 1.82) is 0 Å². The van der Waals surface area contributed by atoms with Gasteiger partial charge in [0.05, 0.1) is 0 Å². The maximum absolute atomic E-state index is 4.68. The molecular formula is C37H37N10O+. The fourth-order valence-corrected chi connectivity index (χ4v) is 2.31. The highest BCUT2D eigenvalue weighted by molar-refractivity contribution is 4.99. The van der Waals surface area contributed by atoms with Gasteiger partial charge in [-0.25, -0.2) is 24.4 Å². The first-order valence-corrected chi connectivity index (χ1v) is 14.3. The molecule has 0 atom stereocenters.